The van der Waals surface area contributed by atoms with Gasteiger partial charge in [-0.3, -0.25) is 0 Å². The molecule has 4 nitrogen and oxygen atoms in total. The van der Waals surface area contributed by atoms with Crippen molar-refractivity contribution in [2.75, 3.05) is 6.26 Å². The number of aromatic hydroxyl groups is 2. The van der Waals surface area contributed by atoms with E-state index in [1.54, 1.807) is 6.26 Å². The molecule has 56 valence electrons. The van der Waals surface area contributed by atoms with Gasteiger partial charge in [0, 0.05) is 0 Å². The van der Waals surface area contributed by atoms with E-state index in [2.05, 4.69) is 9.97 Å². The summed E-state index contributed by atoms with van der Waals surface area (Å²) >= 11 is 1.25. The van der Waals surface area contributed by atoms with Gasteiger partial charge in [-0.1, -0.05) is 11.8 Å². The fraction of sp³-hybridized carbons (Fsp3) is 0.200. The van der Waals surface area contributed by atoms with Crippen molar-refractivity contribution >= 4 is 41.3 Å². The molecule has 0 saturated carbocycles. The van der Waals surface area contributed by atoms with Gasteiger partial charge < -0.3 is 10.2 Å². The zero-order valence-corrected chi connectivity index (χ0v) is 6.09. The Morgan fingerprint density at radius 3 is 2.09 bits per heavy atom. The monoisotopic (exact) mass is 182 g/mol. The molecule has 1 heterocycles. The molecule has 0 spiro atoms. The first kappa shape index (κ1) is 11.0. The molecule has 0 aromatic carbocycles. The summed E-state index contributed by atoms with van der Waals surface area (Å²) in [5.41, 5.74) is 0. The van der Waals surface area contributed by atoms with E-state index in [-0.39, 0.29) is 41.3 Å². The standard InChI is InChI=1S/C5H6N2O2S.Na.H/c1-10-5-6-3(8)2-4(9)7-5;;/h2H,1H3,(H2,6,7,8,9);;. The maximum absolute atomic E-state index is 8.80. The van der Waals surface area contributed by atoms with Crippen LogP contribution in [0.3, 0.4) is 0 Å². The SMILES string of the molecule is CSc1nc(O)cc(O)n1.[NaH]. The number of rotatable bonds is 1. The number of nitrogens with zero attached hydrogens (tertiary/aromatic N) is 2. The molecule has 11 heavy (non-hydrogen) atoms. The quantitative estimate of drug-likeness (QED) is 0.362. The van der Waals surface area contributed by atoms with Crippen LogP contribution >= 0.6 is 11.8 Å². The Morgan fingerprint density at radius 2 is 1.73 bits per heavy atom. The molecule has 1 rings (SSSR count). The topological polar surface area (TPSA) is 66.2 Å². The molecule has 1 aromatic heterocycles. The average molecular weight is 182 g/mol. The van der Waals surface area contributed by atoms with Crippen LogP contribution in [0.4, 0.5) is 0 Å². The minimum atomic E-state index is -0.211. The van der Waals surface area contributed by atoms with Crippen LogP contribution in [0.15, 0.2) is 11.2 Å². The van der Waals surface area contributed by atoms with Crippen LogP contribution in [0.5, 0.6) is 11.8 Å². The summed E-state index contributed by atoms with van der Waals surface area (Å²) < 4.78 is 0. The van der Waals surface area contributed by atoms with Crippen LogP contribution in [0.25, 0.3) is 0 Å². The second kappa shape index (κ2) is 4.82. The maximum atomic E-state index is 8.80. The van der Waals surface area contributed by atoms with Crippen LogP contribution in [0.1, 0.15) is 0 Å². The van der Waals surface area contributed by atoms with E-state index >= 15 is 0 Å². The van der Waals surface area contributed by atoms with Crippen molar-refractivity contribution in [3.63, 3.8) is 0 Å². The molecule has 2 N–H and O–H groups in total. The molecule has 0 atom stereocenters. The van der Waals surface area contributed by atoms with Gasteiger partial charge in [0.15, 0.2) is 5.16 Å². The number of hydrogen-bond acceptors (Lipinski definition) is 5. The predicted molar refractivity (Wildman–Crippen MR) is 44.3 cm³/mol. The molecule has 0 saturated heterocycles. The molecular weight excluding hydrogens is 175 g/mol. The molecule has 6 heteroatoms. The van der Waals surface area contributed by atoms with Crippen molar-refractivity contribution in [1.82, 2.24) is 9.97 Å². The first-order valence-electron chi connectivity index (χ1n) is 2.53. The summed E-state index contributed by atoms with van der Waals surface area (Å²) in [6, 6.07) is 1.08. The van der Waals surface area contributed by atoms with Gasteiger partial charge in [-0.2, -0.15) is 9.97 Å². The Labute approximate surface area is 90.4 Å². The minimum absolute atomic E-state index is 0. The van der Waals surface area contributed by atoms with Crippen molar-refractivity contribution in [1.29, 1.82) is 0 Å². The van der Waals surface area contributed by atoms with Crippen LogP contribution in [-0.2, 0) is 0 Å². The molecular formula is C5H7N2NaO2S. The third-order valence-electron chi connectivity index (χ3n) is 0.861. The summed E-state index contributed by atoms with van der Waals surface area (Å²) in [4.78, 5) is 7.20. The fourth-order valence-electron chi connectivity index (χ4n) is 0.492. The van der Waals surface area contributed by atoms with Gasteiger partial charge in [-0.15, -0.1) is 0 Å². The predicted octanol–water partition coefficient (Wildman–Crippen LogP) is -0.0388. The summed E-state index contributed by atoms with van der Waals surface area (Å²) in [7, 11) is 0. The van der Waals surface area contributed by atoms with Gasteiger partial charge in [0.1, 0.15) is 0 Å². The molecule has 0 bridgehead atoms. The Hall–Kier alpha value is 0.0300. The average Bonchev–Trinajstić information content (AvgIpc) is 1.85. The normalized spacial score (nSPS) is 8.82. The zero-order chi connectivity index (χ0) is 7.56. The van der Waals surface area contributed by atoms with Gasteiger partial charge in [-0.05, 0) is 6.26 Å². The molecule has 0 fully saturated rings. The zero-order valence-electron chi connectivity index (χ0n) is 5.27. The second-order valence-electron chi connectivity index (χ2n) is 1.57. The van der Waals surface area contributed by atoms with E-state index in [0.717, 1.165) is 6.07 Å². The molecule has 0 aliphatic heterocycles. The Balaban J connectivity index is 0.000001000. The van der Waals surface area contributed by atoms with Gasteiger partial charge in [0.2, 0.25) is 11.8 Å². The summed E-state index contributed by atoms with van der Waals surface area (Å²) in [5.74, 6) is -0.422. The third-order valence-corrected chi connectivity index (χ3v) is 1.41. The van der Waals surface area contributed by atoms with Gasteiger partial charge in [0.25, 0.3) is 0 Å². The number of hydrogen-bond donors (Lipinski definition) is 2. The summed E-state index contributed by atoms with van der Waals surface area (Å²) in [6.07, 6.45) is 1.76. The van der Waals surface area contributed by atoms with Crippen molar-refractivity contribution in [3.8, 4) is 11.8 Å². The molecule has 0 amide bonds. The van der Waals surface area contributed by atoms with E-state index in [4.69, 9.17) is 10.2 Å². The van der Waals surface area contributed by atoms with Gasteiger partial charge in [-0.25, -0.2) is 0 Å². The van der Waals surface area contributed by atoms with Gasteiger partial charge in [0.05, 0.1) is 6.07 Å². The molecule has 0 aliphatic carbocycles. The first-order chi connectivity index (χ1) is 4.72. The number of aromatic nitrogens is 2. The van der Waals surface area contributed by atoms with Crippen molar-refractivity contribution < 1.29 is 10.2 Å². The second-order valence-corrected chi connectivity index (χ2v) is 2.34. The molecule has 0 unspecified atom stereocenters. The van der Waals surface area contributed by atoms with Crippen LogP contribution in [-0.4, -0.2) is 56.0 Å². The first-order valence-corrected chi connectivity index (χ1v) is 3.76. The summed E-state index contributed by atoms with van der Waals surface area (Å²) in [5, 5.41) is 18.0. The van der Waals surface area contributed by atoms with Crippen LogP contribution < -0.4 is 0 Å². The van der Waals surface area contributed by atoms with E-state index in [1.807, 2.05) is 0 Å². The van der Waals surface area contributed by atoms with Crippen molar-refractivity contribution in [2.24, 2.45) is 0 Å². The Kier molecular flexibility index (Phi) is 4.83. The van der Waals surface area contributed by atoms with Crippen LogP contribution in [0.2, 0.25) is 0 Å². The molecule has 0 aliphatic rings. The van der Waals surface area contributed by atoms with Crippen LogP contribution in [0, 0.1) is 0 Å². The fourth-order valence-corrected chi connectivity index (χ4v) is 0.862. The van der Waals surface area contributed by atoms with E-state index in [0.29, 0.717) is 5.16 Å². The summed E-state index contributed by atoms with van der Waals surface area (Å²) in [6.45, 7) is 0. The molecule has 0 radical (unpaired) electrons. The van der Waals surface area contributed by atoms with E-state index in [1.165, 1.54) is 11.8 Å². The third kappa shape index (κ3) is 3.29. The number of thioether (sulfide) groups is 1. The van der Waals surface area contributed by atoms with Crippen molar-refractivity contribution in [2.45, 2.75) is 5.16 Å². The molecule has 1 aromatic rings. The Bertz CT molecular complexity index is 226. The van der Waals surface area contributed by atoms with E-state index in [9.17, 15) is 0 Å². The van der Waals surface area contributed by atoms with E-state index < -0.39 is 0 Å². The van der Waals surface area contributed by atoms with Crippen molar-refractivity contribution in [3.05, 3.63) is 6.07 Å². The Morgan fingerprint density at radius 1 is 1.27 bits per heavy atom. The van der Waals surface area contributed by atoms with Gasteiger partial charge >= 0.3 is 29.6 Å².